The maximum absolute atomic E-state index is 13.0. The minimum absolute atomic E-state index is 0.0120. The van der Waals surface area contributed by atoms with E-state index in [0.29, 0.717) is 24.7 Å². The third-order valence-electron chi connectivity index (χ3n) is 5.35. The average molecular weight is 405 g/mol. The van der Waals surface area contributed by atoms with Crippen molar-refractivity contribution in [1.82, 2.24) is 4.98 Å². The van der Waals surface area contributed by atoms with Gasteiger partial charge in [-0.3, -0.25) is 4.98 Å². The van der Waals surface area contributed by atoms with E-state index >= 15 is 0 Å². The summed E-state index contributed by atoms with van der Waals surface area (Å²) in [5, 5.41) is -0.136. The summed E-state index contributed by atoms with van der Waals surface area (Å²) in [6.07, 6.45) is 4.32. The zero-order valence-corrected chi connectivity index (χ0v) is 16.4. The number of hydrogen-bond donors (Lipinski definition) is 0. The van der Waals surface area contributed by atoms with Crippen molar-refractivity contribution in [1.29, 1.82) is 0 Å². The lowest BCUT2D eigenvalue weighted by atomic mass is 9.97. The Balaban J connectivity index is 1.36. The first-order chi connectivity index (χ1) is 13.5. The largest absolute Gasteiger partial charge is 0.491 e. The lowest BCUT2D eigenvalue weighted by Gasteiger charge is -2.31. The molecule has 0 spiro atoms. The molecule has 2 aliphatic rings. The van der Waals surface area contributed by atoms with E-state index in [4.69, 9.17) is 9.47 Å². The molecule has 2 fully saturated rings. The second-order valence-corrected chi connectivity index (χ2v) is 9.86. The molecule has 7 heteroatoms. The van der Waals surface area contributed by atoms with Crippen molar-refractivity contribution in [2.24, 2.45) is 5.92 Å². The van der Waals surface area contributed by atoms with Crippen LogP contribution >= 0.6 is 0 Å². The van der Waals surface area contributed by atoms with Crippen molar-refractivity contribution >= 4 is 9.84 Å². The van der Waals surface area contributed by atoms with Crippen LogP contribution in [0.4, 0.5) is 4.39 Å². The number of benzene rings is 1. The fraction of sp³-hybridized carbons (Fsp3) is 0.476. The lowest BCUT2D eigenvalue weighted by Crippen LogP contribution is -2.39. The number of rotatable bonds is 7. The Bertz CT molecular complexity index is 895. The lowest BCUT2D eigenvalue weighted by molar-refractivity contribution is -0.0428. The van der Waals surface area contributed by atoms with Crippen LogP contribution in [0.1, 0.15) is 25.7 Å². The fourth-order valence-electron chi connectivity index (χ4n) is 3.59. The number of pyridine rings is 1. The normalized spacial score (nSPS) is 22.8. The highest BCUT2D eigenvalue weighted by Crippen LogP contribution is 2.33. The Morgan fingerprint density at radius 1 is 1.11 bits per heavy atom. The van der Waals surface area contributed by atoms with Crippen LogP contribution in [0.3, 0.4) is 0 Å². The molecule has 1 aliphatic heterocycles. The van der Waals surface area contributed by atoms with Crippen molar-refractivity contribution in [3.63, 3.8) is 0 Å². The molecule has 2 unspecified atom stereocenters. The molecule has 5 nitrogen and oxygen atoms in total. The molecule has 2 aromatic rings. The van der Waals surface area contributed by atoms with Crippen LogP contribution < -0.4 is 4.74 Å². The minimum atomic E-state index is -3.01. The van der Waals surface area contributed by atoms with E-state index in [1.165, 1.54) is 12.3 Å². The van der Waals surface area contributed by atoms with Crippen LogP contribution in [0, 0.1) is 11.7 Å². The molecular formula is C21H24FNO4S. The third-order valence-corrected chi connectivity index (χ3v) is 7.73. The van der Waals surface area contributed by atoms with Gasteiger partial charge in [-0.2, -0.15) is 0 Å². The molecule has 1 aliphatic carbocycles. The summed E-state index contributed by atoms with van der Waals surface area (Å²) in [7, 11) is -3.01. The van der Waals surface area contributed by atoms with E-state index in [-0.39, 0.29) is 28.8 Å². The predicted octanol–water partition coefficient (Wildman–Crippen LogP) is 3.64. The number of ether oxygens (including phenoxy) is 2. The third kappa shape index (κ3) is 4.70. The second kappa shape index (κ2) is 8.17. The summed E-state index contributed by atoms with van der Waals surface area (Å²) >= 11 is 0. The highest BCUT2D eigenvalue weighted by molar-refractivity contribution is 7.92. The molecular weight excluding hydrogens is 381 g/mol. The zero-order chi connectivity index (χ0) is 19.6. The Hall–Kier alpha value is -1.99. The van der Waals surface area contributed by atoms with Crippen LogP contribution in [0.5, 0.6) is 5.75 Å². The van der Waals surface area contributed by atoms with Gasteiger partial charge in [0.05, 0.1) is 29.0 Å². The van der Waals surface area contributed by atoms with Crippen molar-refractivity contribution < 1.29 is 22.3 Å². The fourth-order valence-corrected chi connectivity index (χ4v) is 5.69. The molecule has 1 saturated carbocycles. The van der Waals surface area contributed by atoms with Gasteiger partial charge in [0, 0.05) is 18.1 Å². The van der Waals surface area contributed by atoms with E-state index in [9.17, 15) is 12.8 Å². The molecule has 1 saturated heterocycles. The maximum atomic E-state index is 13.0. The smallest absolute Gasteiger partial charge is 0.153 e. The van der Waals surface area contributed by atoms with Crippen LogP contribution in [-0.4, -0.2) is 43.7 Å². The molecule has 2 heterocycles. The van der Waals surface area contributed by atoms with E-state index in [2.05, 4.69) is 4.98 Å². The van der Waals surface area contributed by atoms with Crippen molar-refractivity contribution in [3.05, 3.63) is 48.4 Å². The minimum Gasteiger partial charge on any atom is -0.491 e. The van der Waals surface area contributed by atoms with Gasteiger partial charge in [-0.25, -0.2) is 12.8 Å². The van der Waals surface area contributed by atoms with E-state index in [0.717, 1.165) is 31.2 Å². The Morgan fingerprint density at radius 2 is 1.89 bits per heavy atom. The maximum Gasteiger partial charge on any atom is 0.153 e. The molecule has 0 amide bonds. The van der Waals surface area contributed by atoms with Crippen LogP contribution in [-0.2, 0) is 14.6 Å². The molecule has 1 aromatic carbocycles. The van der Waals surface area contributed by atoms with Crippen LogP contribution in [0.15, 0.2) is 42.6 Å². The Kier molecular flexibility index (Phi) is 5.64. The van der Waals surface area contributed by atoms with Gasteiger partial charge < -0.3 is 9.47 Å². The first-order valence-electron chi connectivity index (χ1n) is 9.69. The van der Waals surface area contributed by atoms with E-state index < -0.39 is 9.84 Å². The summed E-state index contributed by atoms with van der Waals surface area (Å²) < 4.78 is 49.4. The van der Waals surface area contributed by atoms with Gasteiger partial charge >= 0.3 is 0 Å². The Labute approximate surface area is 164 Å². The number of hydrogen-bond acceptors (Lipinski definition) is 5. The van der Waals surface area contributed by atoms with Gasteiger partial charge in [0.15, 0.2) is 9.84 Å². The highest BCUT2D eigenvalue weighted by atomic mass is 32.2. The first-order valence-corrected chi connectivity index (χ1v) is 11.4. The van der Waals surface area contributed by atoms with Gasteiger partial charge in [0.2, 0.25) is 0 Å². The summed E-state index contributed by atoms with van der Waals surface area (Å²) in [6.45, 7) is 0.974. The Morgan fingerprint density at radius 3 is 2.57 bits per heavy atom. The van der Waals surface area contributed by atoms with Gasteiger partial charge in [0.25, 0.3) is 0 Å². The molecule has 0 radical (unpaired) electrons. The first kappa shape index (κ1) is 19.3. The van der Waals surface area contributed by atoms with Crippen LogP contribution in [0.2, 0.25) is 0 Å². The van der Waals surface area contributed by atoms with Crippen molar-refractivity contribution in [2.75, 3.05) is 19.0 Å². The van der Waals surface area contributed by atoms with Crippen molar-refractivity contribution in [2.45, 2.75) is 37.0 Å². The highest BCUT2D eigenvalue weighted by Gasteiger charge is 2.39. The SMILES string of the molecule is O=S(=O)(CC1CCCOC1COc1ccc(-c2ccc(F)cn2)cc1)C1CC1. The number of nitrogens with zero attached hydrogens (tertiary/aromatic N) is 1. The standard InChI is InChI=1S/C21H24FNO4S/c22-17-5-10-20(23-12-17)15-3-6-18(7-4-15)27-13-21-16(2-1-11-26-21)14-28(24,25)19-8-9-19/h3-7,10,12,16,19,21H,1-2,8-9,11,13-14H2. The summed E-state index contributed by atoms with van der Waals surface area (Å²) in [5.41, 5.74) is 1.56. The molecule has 1 aromatic heterocycles. The second-order valence-electron chi connectivity index (χ2n) is 7.54. The van der Waals surface area contributed by atoms with Gasteiger partial charge in [-0.1, -0.05) is 0 Å². The number of aromatic nitrogens is 1. The van der Waals surface area contributed by atoms with Crippen LogP contribution in [0.25, 0.3) is 11.3 Å². The number of sulfone groups is 1. The average Bonchev–Trinajstić information content (AvgIpc) is 3.54. The van der Waals surface area contributed by atoms with E-state index in [1.807, 2.05) is 24.3 Å². The molecule has 0 N–H and O–H groups in total. The molecule has 0 bridgehead atoms. The monoisotopic (exact) mass is 405 g/mol. The summed E-state index contributed by atoms with van der Waals surface area (Å²) in [5.74, 6) is 0.501. The topological polar surface area (TPSA) is 65.5 Å². The van der Waals surface area contributed by atoms with E-state index in [1.54, 1.807) is 6.07 Å². The van der Waals surface area contributed by atoms with Gasteiger partial charge in [-0.15, -0.1) is 0 Å². The summed E-state index contributed by atoms with van der Waals surface area (Å²) in [4.78, 5) is 4.07. The molecule has 4 rings (SSSR count). The summed E-state index contributed by atoms with van der Waals surface area (Å²) in [6, 6.07) is 10.4. The molecule has 28 heavy (non-hydrogen) atoms. The molecule has 2 atom stereocenters. The predicted molar refractivity (Wildman–Crippen MR) is 104 cm³/mol. The molecule has 150 valence electrons. The van der Waals surface area contributed by atoms with Crippen molar-refractivity contribution in [3.8, 4) is 17.0 Å². The zero-order valence-electron chi connectivity index (χ0n) is 15.6. The quantitative estimate of drug-likeness (QED) is 0.704. The van der Waals surface area contributed by atoms with Gasteiger partial charge in [0.1, 0.15) is 18.2 Å². The van der Waals surface area contributed by atoms with Gasteiger partial charge in [-0.05, 0) is 62.1 Å². The number of halogens is 1.